The summed E-state index contributed by atoms with van der Waals surface area (Å²) >= 11 is 0. The van der Waals surface area contributed by atoms with Gasteiger partial charge in [-0.1, -0.05) is 19.1 Å². The van der Waals surface area contributed by atoms with Gasteiger partial charge in [0.25, 0.3) is 0 Å². The van der Waals surface area contributed by atoms with Crippen molar-refractivity contribution in [1.82, 2.24) is 0 Å². The van der Waals surface area contributed by atoms with Crippen LogP contribution in [0, 0.1) is 29.6 Å². The second-order valence-corrected chi connectivity index (χ2v) is 8.81. The predicted molar refractivity (Wildman–Crippen MR) is 93.6 cm³/mol. The topological polar surface area (TPSA) is 52.6 Å². The van der Waals surface area contributed by atoms with Gasteiger partial charge in [-0.25, -0.2) is 0 Å². The molecule has 0 saturated heterocycles. The Kier molecular flexibility index (Phi) is 4.41. The molecule has 3 fully saturated rings. The summed E-state index contributed by atoms with van der Waals surface area (Å²) < 4.78 is 11.5. The molecule has 0 aliphatic heterocycles. The molecule has 138 valence electrons. The molecule has 0 heterocycles. The molecular formula is C21H30O4. The number of ether oxygens (including phenoxy) is 2. The third kappa shape index (κ3) is 3.13. The fourth-order valence-corrected chi connectivity index (χ4v) is 5.91. The lowest BCUT2D eigenvalue weighted by Crippen LogP contribution is -2.40. The zero-order valence-electron chi connectivity index (χ0n) is 15.4. The molecule has 0 aromatic rings. The van der Waals surface area contributed by atoms with Crippen molar-refractivity contribution in [3.63, 3.8) is 0 Å². The first-order chi connectivity index (χ1) is 12.0. The zero-order valence-corrected chi connectivity index (χ0v) is 15.4. The third-order valence-corrected chi connectivity index (χ3v) is 7.19. The van der Waals surface area contributed by atoms with E-state index >= 15 is 0 Å². The molecule has 7 unspecified atom stereocenters. The molecule has 0 aromatic carbocycles. The summed E-state index contributed by atoms with van der Waals surface area (Å²) in [6, 6.07) is 0. The van der Waals surface area contributed by atoms with Crippen LogP contribution in [0.4, 0.5) is 0 Å². The van der Waals surface area contributed by atoms with E-state index in [2.05, 4.69) is 19.1 Å². The van der Waals surface area contributed by atoms with E-state index in [0.717, 1.165) is 31.6 Å². The monoisotopic (exact) mass is 346 g/mol. The molecule has 3 saturated carbocycles. The van der Waals surface area contributed by atoms with Gasteiger partial charge in [0.1, 0.15) is 11.7 Å². The lowest BCUT2D eigenvalue weighted by atomic mass is 9.82. The molecule has 4 rings (SSSR count). The van der Waals surface area contributed by atoms with Gasteiger partial charge in [0.05, 0.1) is 12.3 Å². The first-order valence-electron chi connectivity index (χ1n) is 10.1. The fourth-order valence-electron chi connectivity index (χ4n) is 5.91. The molecule has 0 spiro atoms. The summed E-state index contributed by atoms with van der Waals surface area (Å²) in [5, 5.41) is 0. The molecule has 7 atom stereocenters. The van der Waals surface area contributed by atoms with E-state index in [1.807, 2.05) is 6.92 Å². The van der Waals surface area contributed by atoms with E-state index in [0.29, 0.717) is 17.8 Å². The number of carbonyl (C=O) groups is 2. The molecule has 0 N–H and O–H groups in total. The molecule has 4 aliphatic carbocycles. The molecule has 0 amide bonds. The standard InChI is InChI=1S/C21H30O4/c1-3-21(12-15-5-7-17(21)10-15)25-19(22)8-13(2)24-20(23)18-11-14-4-6-16(18)9-14/h4,6,13-18H,3,5,7-12H2,1-2H3. The predicted octanol–water partition coefficient (Wildman–Crippen LogP) is 4.03. The van der Waals surface area contributed by atoms with Gasteiger partial charge in [-0.3, -0.25) is 9.59 Å². The van der Waals surface area contributed by atoms with Gasteiger partial charge in [-0.2, -0.15) is 0 Å². The minimum atomic E-state index is -0.407. The SMILES string of the molecule is CCC1(OC(=O)CC(C)OC(=O)C2CC3C=CC2C3)CC2CCC1C2. The zero-order chi connectivity index (χ0) is 17.6. The first-order valence-corrected chi connectivity index (χ1v) is 10.1. The van der Waals surface area contributed by atoms with Crippen molar-refractivity contribution in [1.29, 1.82) is 0 Å². The van der Waals surface area contributed by atoms with Crippen LogP contribution in [0.1, 0.15) is 65.2 Å². The maximum Gasteiger partial charge on any atom is 0.310 e. The van der Waals surface area contributed by atoms with E-state index in [4.69, 9.17) is 9.47 Å². The van der Waals surface area contributed by atoms with Crippen LogP contribution in [0.5, 0.6) is 0 Å². The third-order valence-electron chi connectivity index (χ3n) is 7.19. The second-order valence-electron chi connectivity index (χ2n) is 8.81. The number of fused-ring (bicyclic) bond motifs is 4. The fraction of sp³-hybridized carbons (Fsp3) is 0.810. The van der Waals surface area contributed by atoms with Crippen LogP contribution in [-0.4, -0.2) is 23.6 Å². The summed E-state index contributed by atoms with van der Waals surface area (Å²) in [6.07, 6.45) is 11.7. The van der Waals surface area contributed by atoms with Crippen molar-refractivity contribution >= 4 is 11.9 Å². The first kappa shape index (κ1) is 17.1. The number of rotatable bonds is 6. The molecule has 4 nitrogen and oxygen atoms in total. The Labute approximate surface area is 150 Å². The minimum absolute atomic E-state index is 0.0129. The average molecular weight is 346 g/mol. The van der Waals surface area contributed by atoms with Crippen LogP contribution in [-0.2, 0) is 19.1 Å². The highest BCUT2D eigenvalue weighted by molar-refractivity contribution is 5.75. The molecule has 4 bridgehead atoms. The van der Waals surface area contributed by atoms with Gasteiger partial charge in [0, 0.05) is 0 Å². The maximum absolute atomic E-state index is 12.5. The van der Waals surface area contributed by atoms with E-state index in [9.17, 15) is 9.59 Å². The Morgan fingerprint density at radius 2 is 2.04 bits per heavy atom. The number of esters is 2. The van der Waals surface area contributed by atoms with Crippen LogP contribution < -0.4 is 0 Å². The molecule has 25 heavy (non-hydrogen) atoms. The maximum atomic E-state index is 12.5. The van der Waals surface area contributed by atoms with Crippen LogP contribution >= 0.6 is 0 Å². The van der Waals surface area contributed by atoms with Crippen molar-refractivity contribution in [3.8, 4) is 0 Å². The number of hydrogen-bond acceptors (Lipinski definition) is 4. The lowest BCUT2D eigenvalue weighted by molar-refractivity contribution is -0.171. The van der Waals surface area contributed by atoms with Gasteiger partial charge in [-0.05, 0) is 75.5 Å². The van der Waals surface area contributed by atoms with Crippen LogP contribution in [0.3, 0.4) is 0 Å². The van der Waals surface area contributed by atoms with Gasteiger partial charge >= 0.3 is 11.9 Å². The van der Waals surface area contributed by atoms with E-state index in [1.165, 1.54) is 19.3 Å². The Morgan fingerprint density at radius 3 is 2.60 bits per heavy atom. The number of carbonyl (C=O) groups excluding carboxylic acids is 2. The average Bonchev–Trinajstić information content (AvgIpc) is 3.34. The normalized spacial score (nSPS) is 41.9. The number of hydrogen-bond donors (Lipinski definition) is 0. The largest absolute Gasteiger partial charge is 0.462 e. The van der Waals surface area contributed by atoms with Crippen molar-refractivity contribution in [2.45, 2.75) is 76.9 Å². The summed E-state index contributed by atoms with van der Waals surface area (Å²) in [5.41, 5.74) is -0.251. The summed E-state index contributed by atoms with van der Waals surface area (Å²) in [6.45, 7) is 3.93. The minimum Gasteiger partial charge on any atom is -0.462 e. The highest BCUT2D eigenvalue weighted by Gasteiger charge is 2.52. The van der Waals surface area contributed by atoms with Gasteiger partial charge < -0.3 is 9.47 Å². The molecular weight excluding hydrogens is 316 g/mol. The summed E-state index contributed by atoms with van der Waals surface area (Å²) in [5.74, 6) is 1.80. The highest BCUT2D eigenvalue weighted by Crippen LogP contribution is 2.54. The van der Waals surface area contributed by atoms with Crippen molar-refractivity contribution in [2.24, 2.45) is 29.6 Å². The van der Waals surface area contributed by atoms with E-state index < -0.39 is 6.10 Å². The highest BCUT2D eigenvalue weighted by atomic mass is 16.6. The molecule has 0 aromatic heterocycles. The lowest BCUT2D eigenvalue weighted by Gasteiger charge is -2.36. The molecule has 0 radical (unpaired) electrons. The molecule has 4 aliphatic rings. The van der Waals surface area contributed by atoms with Gasteiger partial charge in [0.15, 0.2) is 0 Å². The van der Waals surface area contributed by atoms with E-state index in [1.54, 1.807) is 0 Å². The van der Waals surface area contributed by atoms with Crippen LogP contribution in [0.15, 0.2) is 12.2 Å². The summed E-state index contributed by atoms with van der Waals surface area (Å²) in [7, 11) is 0. The quantitative estimate of drug-likeness (QED) is 0.538. The van der Waals surface area contributed by atoms with Crippen LogP contribution in [0.25, 0.3) is 0 Å². The Balaban J connectivity index is 1.27. The van der Waals surface area contributed by atoms with Gasteiger partial charge in [-0.15, -0.1) is 0 Å². The summed E-state index contributed by atoms with van der Waals surface area (Å²) in [4.78, 5) is 24.8. The Bertz CT molecular complexity index is 582. The van der Waals surface area contributed by atoms with Crippen molar-refractivity contribution in [2.75, 3.05) is 0 Å². The number of allylic oxidation sites excluding steroid dienone is 2. The van der Waals surface area contributed by atoms with Gasteiger partial charge in [0.2, 0.25) is 0 Å². The Hall–Kier alpha value is -1.32. The van der Waals surface area contributed by atoms with E-state index in [-0.39, 0.29) is 29.9 Å². The van der Waals surface area contributed by atoms with Crippen LogP contribution in [0.2, 0.25) is 0 Å². The van der Waals surface area contributed by atoms with Crippen molar-refractivity contribution in [3.05, 3.63) is 12.2 Å². The molecule has 4 heteroatoms. The Morgan fingerprint density at radius 1 is 1.20 bits per heavy atom. The van der Waals surface area contributed by atoms with Crippen molar-refractivity contribution < 1.29 is 19.1 Å². The smallest absolute Gasteiger partial charge is 0.310 e. The second kappa shape index (κ2) is 6.44.